The van der Waals surface area contributed by atoms with Crippen molar-refractivity contribution < 1.29 is 9.90 Å². The third-order valence-corrected chi connectivity index (χ3v) is 5.15. The first-order chi connectivity index (χ1) is 12.0. The predicted molar refractivity (Wildman–Crippen MR) is 101 cm³/mol. The van der Waals surface area contributed by atoms with E-state index in [-0.39, 0.29) is 0 Å². The van der Waals surface area contributed by atoms with Gasteiger partial charge in [-0.15, -0.1) is 0 Å². The highest BCUT2D eigenvalue weighted by atomic mass is 16.4. The zero-order valence-electron chi connectivity index (χ0n) is 14.7. The molecule has 0 unspecified atom stereocenters. The molecule has 3 nitrogen and oxygen atoms in total. The van der Waals surface area contributed by atoms with Crippen LogP contribution in [-0.4, -0.2) is 15.6 Å². The first kappa shape index (κ1) is 15.9. The third-order valence-electron chi connectivity index (χ3n) is 5.15. The minimum atomic E-state index is -0.829. The van der Waals surface area contributed by atoms with E-state index in [1.54, 1.807) is 0 Å². The maximum atomic E-state index is 11.7. The molecule has 0 aliphatic heterocycles. The molecule has 3 aromatic rings. The van der Waals surface area contributed by atoms with E-state index >= 15 is 0 Å². The van der Waals surface area contributed by atoms with Crippen LogP contribution in [0.3, 0.4) is 0 Å². The van der Waals surface area contributed by atoms with E-state index in [1.165, 1.54) is 29.3 Å². The van der Waals surface area contributed by atoms with E-state index in [4.69, 9.17) is 0 Å². The summed E-state index contributed by atoms with van der Waals surface area (Å²) in [5.41, 5.74) is 4.88. The number of rotatable bonds is 5. The van der Waals surface area contributed by atoms with Gasteiger partial charge in [0.1, 0.15) is 0 Å². The van der Waals surface area contributed by atoms with Crippen LogP contribution in [-0.2, 0) is 6.42 Å². The zero-order chi connectivity index (χ0) is 17.6. The molecule has 1 N–H and O–H groups in total. The fourth-order valence-electron chi connectivity index (χ4n) is 3.61. The first-order valence-electron chi connectivity index (χ1n) is 8.98. The molecular formula is C22H23NO2. The van der Waals surface area contributed by atoms with Gasteiger partial charge in [0.15, 0.2) is 0 Å². The van der Waals surface area contributed by atoms with Crippen molar-refractivity contribution in [2.75, 3.05) is 0 Å². The second-order valence-corrected chi connectivity index (χ2v) is 7.38. The summed E-state index contributed by atoms with van der Waals surface area (Å²) in [7, 11) is 0. The number of hydrogen-bond donors (Lipinski definition) is 1. The van der Waals surface area contributed by atoms with E-state index in [0.717, 1.165) is 11.1 Å². The van der Waals surface area contributed by atoms with Gasteiger partial charge in [-0.25, -0.2) is 4.79 Å². The summed E-state index contributed by atoms with van der Waals surface area (Å²) in [5.74, 6) is -0.260. The number of carbonyl (C=O) groups is 1. The number of nitrogens with zero attached hydrogens (tertiary/aromatic N) is 1. The Labute approximate surface area is 147 Å². The van der Waals surface area contributed by atoms with Crippen molar-refractivity contribution >= 4 is 16.9 Å². The van der Waals surface area contributed by atoms with E-state index < -0.39 is 5.97 Å². The molecule has 2 aromatic carbocycles. The molecule has 3 heteroatoms. The van der Waals surface area contributed by atoms with Gasteiger partial charge >= 0.3 is 5.97 Å². The summed E-state index contributed by atoms with van der Waals surface area (Å²) in [4.78, 5) is 11.7. The van der Waals surface area contributed by atoms with Gasteiger partial charge in [0, 0.05) is 17.8 Å². The van der Waals surface area contributed by atoms with Crippen molar-refractivity contribution in [3.63, 3.8) is 0 Å². The van der Waals surface area contributed by atoms with Gasteiger partial charge in [-0.1, -0.05) is 18.2 Å². The van der Waals surface area contributed by atoms with Crippen molar-refractivity contribution in [3.8, 4) is 0 Å². The number of carboxylic acids is 1. The number of aromatic nitrogens is 1. The van der Waals surface area contributed by atoms with Gasteiger partial charge in [0.05, 0.1) is 5.56 Å². The molecule has 1 saturated carbocycles. The van der Waals surface area contributed by atoms with Crippen LogP contribution in [0.2, 0.25) is 0 Å². The molecule has 1 fully saturated rings. The van der Waals surface area contributed by atoms with Crippen molar-refractivity contribution in [2.45, 2.75) is 45.1 Å². The maximum absolute atomic E-state index is 11.7. The van der Waals surface area contributed by atoms with E-state index in [0.29, 0.717) is 23.9 Å². The van der Waals surface area contributed by atoms with Crippen molar-refractivity contribution in [1.29, 1.82) is 0 Å². The van der Waals surface area contributed by atoms with Crippen LogP contribution in [0, 0.1) is 0 Å². The second-order valence-electron chi connectivity index (χ2n) is 7.38. The zero-order valence-corrected chi connectivity index (χ0v) is 14.7. The molecule has 0 spiro atoms. The molecule has 4 rings (SSSR count). The lowest BCUT2D eigenvalue weighted by molar-refractivity contribution is 0.0695. The normalized spacial score (nSPS) is 14.4. The Morgan fingerprint density at radius 3 is 2.64 bits per heavy atom. The highest BCUT2D eigenvalue weighted by Crippen LogP contribution is 2.40. The van der Waals surface area contributed by atoms with Crippen LogP contribution in [0.1, 0.15) is 65.7 Å². The van der Waals surface area contributed by atoms with Gasteiger partial charge in [-0.05, 0) is 85.4 Å². The Morgan fingerprint density at radius 2 is 1.96 bits per heavy atom. The predicted octanol–water partition coefficient (Wildman–Crippen LogP) is 5.39. The Balaban J connectivity index is 1.67. The SMILES string of the molecule is CC(C)n1ccc2cc(Cc3ccc(C4CC4)cc3C(=O)O)ccc21. The van der Waals surface area contributed by atoms with E-state index in [9.17, 15) is 9.90 Å². The van der Waals surface area contributed by atoms with Gasteiger partial charge in [0.2, 0.25) is 0 Å². The van der Waals surface area contributed by atoms with Crippen LogP contribution in [0.25, 0.3) is 10.9 Å². The lowest BCUT2D eigenvalue weighted by atomic mass is 9.96. The van der Waals surface area contributed by atoms with E-state index in [2.05, 4.69) is 54.9 Å². The van der Waals surface area contributed by atoms with Crippen LogP contribution >= 0.6 is 0 Å². The molecule has 128 valence electrons. The minimum Gasteiger partial charge on any atom is -0.478 e. The van der Waals surface area contributed by atoms with E-state index in [1.807, 2.05) is 12.1 Å². The molecular weight excluding hydrogens is 310 g/mol. The maximum Gasteiger partial charge on any atom is 0.335 e. The van der Waals surface area contributed by atoms with Crippen LogP contribution in [0.15, 0.2) is 48.7 Å². The summed E-state index contributed by atoms with van der Waals surface area (Å²) in [6.07, 6.45) is 5.13. The van der Waals surface area contributed by atoms with Crippen molar-refractivity contribution in [1.82, 2.24) is 4.57 Å². The van der Waals surface area contributed by atoms with Gasteiger partial charge in [0.25, 0.3) is 0 Å². The smallest absolute Gasteiger partial charge is 0.335 e. The van der Waals surface area contributed by atoms with Gasteiger partial charge < -0.3 is 9.67 Å². The molecule has 0 saturated heterocycles. The molecule has 0 amide bonds. The monoisotopic (exact) mass is 333 g/mol. The quantitative estimate of drug-likeness (QED) is 0.680. The minimum absolute atomic E-state index is 0.428. The Morgan fingerprint density at radius 1 is 1.16 bits per heavy atom. The second kappa shape index (κ2) is 6.07. The first-order valence-corrected chi connectivity index (χ1v) is 8.98. The number of benzene rings is 2. The summed E-state index contributed by atoms with van der Waals surface area (Å²) in [6.45, 7) is 4.35. The molecule has 1 heterocycles. The summed E-state index contributed by atoms with van der Waals surface area (Å²) < 4.78 is 2.26. The van der Waals surface area contributed by atoms with Crippen LogP contribution < -0.4 is 0 Å². The number of fused-ring (bicyclic) bond motifs is 1. The summed E-state index contributed by atoms with van der Waals surface area (Å²) >= 11 is 0. The van der Waals surface area contributed by atoms with Crippen LogP contribution in [0.5, 0.6) is 0 Å². The number of aromatic carboxylic acids is 1. The lowest BCUT2D eigenvalue weighted by Crippen LogP contribution is -2.04. The fourth-order valence-corrected chi connectivity index (χ4v) is 3.61. The molecule has 1 aliphatic carbocycles. The lowest BCUT2D eigenvalue weighted by Gasteiger charge is -2.11. The average Bonchev–Trinajstić information content (AvgIpc) is 3.34. The molecule has 0 radical (unpaired) electrons. The van der Waals surface area contributed by atoms with Gasteiger partial charge in [-0.3, -0.25) is 0 Å². The highest BCUT2D eigenvalue weighted by Gasteiger charge is 2.25. The molecule has 25 heavy (non-hydrogen) atoms. The van der Waals surface area contributed by atoms with Crippen LogP contribution in [0.4, 0.5) is 0 Å². The Hall–Kier alpha value is -2.55. The van der Waals surface area contributed by atoms with Crippen molar-refractivity contribution in [2.24, 2.45) is 0 Å². The topological polar surface area (TPSA) is 42.2 Å². The van der Waals surface area contributed by atoms with Crippen molar-refractivity contribution in [3.05, 3.63) is 70.9 Å². The Kier molecular flexibility index (Phi) is 3.87. The standard InChI is InChI=1S/C22H23NO2/c1-14(2)23-10-9-19-12-15(3-8-21(19)23)11-18-7-6-17(16-4-5-16)13-20(18)22(24)25/h3,6-10,12-14,16H,4-5,11H2,1-2H3,(H,24,25). The average molecular weight is 333 g/mol. The summed E-state index contributed by atoms with van der Waals surface area (Å²) in [5, 5.41) is 10.8. The Bertz CT molecular complexity index is 948. The number of hydrogen-bond acceptors (Lipinski definition) is 1. The molecule has 1 aliphatic rings. The summed E-state index contributed by atoms with van der Waals surface area (Å²) in [6, 6.07) is 15.0. The molecule has 1 aromatic heterocycles. The highest BCUT2D eigenvalue weighted by molar-refractivity contribution is 5.90. The molecule has 0 bridgehead atoms. The largest absolute Gasteiger partial charge is 0.478 e. The van der Waals surface area contributed by atoms with Gasteiger partial charge in [-0.2, -0.15) is 0 Å². The third kappa shape index (κ3) is 3.07. The molecule has 0 atom stereocenters. The fraction of sp³-hybridized carbons (Fsp3) is 0.318. The number of carboxylic acid groups (broad SMARTS) is 1.